The molecule has 0 aliphatic heterocycles. The molecule has 0 aromatic rings. The van der Waals surface area contributed by atoms with Crippen LogP contribution in [0.2, 0.25) is 0 Å². The first kappa shape index (κ1) is 17.9. The summed E-state index contributed by atoms with van der Waals surface area (Å²) in [6, 6.07) is 0. The molecule has 0 amide bonds. The molecule has 0 aromatic carbocycles. The largest absolute Gasteiger partial charge is 0.469 e. The number of fused-ring (bicyclic) bond motifs is 2. The van der Waals surface area contributed by atoms with Gasteiger partial charge in [0.1, 0.15) is 0 Å². The minimum Gasteiger partial charge on any atom is -0.469 e. The number of hydrogen-bond donors (Lipinski definition) is 0. The van der Waals surface area contributed by atoms with Crippen molar-refractivity contribution in [3.63, 3.8) is 0 Å². The number of esters is 1. The number of carbonyl (C=O) groups is 1. The van der Waals surface area contributed by atoms with Crippen LogP contribution in [0, 0.1) is 34.0 Å². The van der Waals surface area contributed by atoms with Crippen molar-refractivity contribution in [2.45, 2.75) is 65.2 Å². The standard InChI is InChI=1S/C22H34O2S/c1-20-8-5-9-21(2,19(23)24-3)17(20)7-11-22-10-6-15(12-18(20)22)16(13-22)14-25-4/h13,15,17-18H,5-12,14H2,1-4H3/t15-,17+,18+,20-,21-,22-/m1/s1. The molecule has 5 aliphatic carbocycles. The molecule has 5 rings (SSSR count). The summed E-state index contributed by atoms with van der Waals surface area (Å²) in [7, 11) is 1.57. The number of methoxy groups -OCH3 is 1. The van der Waals surface area contributed by atoms with Crippen LogP contribution >= 0.6 is 11.8 Å². The molecule has 6 atom stereocenters. The predicted molar refractivity (Wildman–Crippen MR) is 105 cm³/mol. The first-order valence-electron chi connectivity index (χ1n) is 10.2. The SMILES string of the molecule is COC(=O)[C@]1(C)CCC[C@@]2(C)[C@@H]3C[C@H]4CC[C@]3(C=C4CSC)CC[C@@H]21. The number of carbonyl (C=O) groups excluding carboxylic acids is 1. The molecule has 0 N–H and O–H groups in total. The number of ether oxygens (including phenoxy) is 1. The van der Waals surface area contributed by atoms with Gasteiger partial charge in [-0.15, -0.1) is 0 Å². The highest BCUT2D eigenvalue weighted by atomic mass is 32.2. The summed E-state index contributed by atoms with van der Waals surface area (Å²) in [5.74, 6) is 3.33. The second-order valence-electron chi connectivity index (χ2n) is 9.77. The van der Waals surface area contributed by atoms with Crippen LogP contribution in [0.1, 0.15) is 65.2 Å². The molecule has 3 saturated carbocycles. The van der Waals surface area contributed by atoms with Crippen LogP contribution < -0.4 is 0 Å². The van der Waals surface area contributed by atoms with E-state index in [4.69, 9.17) is 4.74 Å². The van der Waals surface area contributed by atoms with E-state index in [1.165, 1.54) is 50.7 Å². The van der Waals surface area contributed by atoms with Crippen molar-refractivity contribution in [3.8, 4) is 0 Å². The number of rotatable bonds is 3. The molecule has 3 heteroatoms. The topological polar surface area (TPSA) is 26.3 Å². The van der Waals surface area contributed by atoms with E-state index < -0.39 is 0 Å². The van der Waals surface area contributed by atoms with Crippen molar-refractivity contribution < 1.29 is 9.53 Å². The van der Waals surface area contributed by atoms with Gasteiger partial charge >= 0.3 is 5.97 Å². The number of thioether (sulfide) groups is 1. The number of hydrogen-bond acceptors (Lipinski definition) is 3. The van der Waals surface area contributed by atoms with Gasteiger partial charge in [0.25, 0.3) is 0 Å². The predicted octanol–water partition coefficient (Wildman–Crippen LogP) is 5.47. The monoisotopic (exact) mass is 362 g/mol. The third kappa shape index (κ3) is 2.40. The van der Waals surface area contributed by atoms with Gasteiger partial charge < -0.3 is 4.74 Å². The van der Waals surface area contributed by atoms with E-state index in [2.05, 4.69) is 26.2 Å². The van der Waals surface area contributed by atoms with E-state index in [1.807, 2.05) is 11.8 Å². The summed E-state index contributed by atoms with van der Waals surface area (Å²) < 4.78 is 5.28. The molecular weight excluding hydrogens is 328 g/mol. The van der Waals surface area contributed by atoms with Crippen molar-refractivity contribution in [1.82, 2.24) is 0 Å². The van der Waals surface area contributed by atoms with Crippen LogP contribution in [0.15, 0.2) is 11.6 Å². The Hall–Kier alpha value is -0.440. The Morgan fingerprint density at radius 2 is 1.96 bits per heavy atom. The molecule has 2 nitrogen and oxygen atoms in total. The smallest absolute Gasteiger partial charge is 0.311 e. The average Bonchev–Trinajstić information content (AvgIpc) is 2.61. The third-order valence-electron chi connectivity index (χ3n) is 8.80. The van der Waals surface area contributed by atoms with Gasteiger partial charge in [-0.2, -0.15) is 11.8 Å². The van der Waals surface area contributed by atoms with E-state index in [0.717, 1.165) is 18.3 Å². The highest BCUT2D eigenvalue weighted by Crippen LogP contribution is 2.70. The van der Waals surface area contributed by atoms with Gasteiger partial charge in [-0.3, -0.25) is 4.79 Å². The van der Waals surface area contributed by atoms with E-state index in [-0.39, 0.29) is 11.4 Å². The van der Waals surface area contributed by atoms with Crippen molar-refractivity contribution in [3.05, 3.63) is 11.6 Å². The van der Waals surface area contributed by atoms with Crippen LogP contribution in [0.4, 0.5) is 0 Å². The lowest BCUT2D eigenvalue weighted by molar-refractivity contribution is -0.183. The molecule has 0 unspecified atom stereocenters. The second kappa shape index (κ2) is 6.04. The maximum absolute atomic E-state index is 12.7. The van der Waals surface area contributed by atoms with Crippen LogP contribution in [-0.4, -0.2) is 25.1 Å². The van der Waals surface area contributed by atoms with Crippen molar-refractivity contribution in [2.75, 3.05) is 19.1 Å². The minimum absolute atomic E-state index is 0.0407. The highest BCUT2D eigenvalue weighted by Gasteiger charge is 2.64. The second-order valence-corrected chi connectivity index (χ2v) is 10.6. The lowest BCUT2D eigenvalue weighted by atomic mass is 9.38. The van der Waals surface area contributed by atoms with Crippen LogP contribution in [-0.2, 0) is 9.53 Å². The number of allylic oxidation sites excluding steroid dienone is 1. The van der Waals surface area contributed by atoms with Gasteiger partial charge in [0, 0.05) is 5.75 Å². The zero-order chi connectivity index (χ0) is 17.9. The summed E-state index contributed by atoms with van der Waals surface area (Å²) in [4.78, 5) is 12.7. The van der Waals surface area contributed by atoms with E-state index >= 15 is 0 Å². The maximum atomic E-state index is 12.7. The first-order valence-corrected chi connectivity index (χ1v) is 11.6. The van der Waals surface area contributed by atoms with Gasteiger partial charge in [0.15, 0.2) is 0 Å². The molecular formula is C22H34O2S. The first-order chi connectivity index (χ1) is 11.9. The molecule has 5 aliphatic rings. The zero-order valence-corrected chi connectivity index (χ0v) is 17.2. The summed E-state index contributed by atoms with van der Waals surface area (Å²) >= 11 is 1.98. The summed E-state index contributed by atoms with van der Waals surface area (Å²) in [6.07, 6.45) is 15.1. The maximum Gasteiger partial charge on any atom is 0.311 e. The lowest BCUT2D eigenvalue weighted by Crippen LogP contribution is -2.60. The average molecular weight is 363 g/mol. The van der Waals surface area contributed by atoms with Crippen molar-refractivity contribution in [1.29, 1.82) is 0 Å². The summed E-state index contributed by atoms with van der Waals surface area (Å²) in [5.41, 5.74) is 2.20. The molecule has 25 heavy (non-hydrogen) atoms. The van der Waals surface area contributed by atoms with Crippen molar-refractivity contribution in [2.24, 2.45) is 34.0 Å². The van der Waals surface area contributed by atoms with Gasteiger partial charge in [-0.25, -0.2) is 0 Å². The molecule has 0 radical (unpaired) electrons. The Balaban J connectivity index is 1.72. The Kier molecular flexibility index (Phi) is 4.34. The summed E-state index contributed by atoms with van der Waals surface area (Å²) in [6.45, 7) is 4.74. The molecule has 140 valence electrons. The normalized spacial score (nSPS) is 48.3. The fourth-order valence-electron chi connectivity index (χ4n) is 7.74. The minimum atomic E-state index is -0.272. The van der Waals surface area contributed by atoms with Gasteiger partial charge in [-0.1, -0.05) is 25.0 Å². The molecule has 0 saturated heterocycles. The molecule has 0 heterocycles. The Morgan fingerprint density at radius 1 is 1.20 bits per heavy atom. The molecule has 3 fully saturated rings. The molecule has 1 spiro atoms. The quantitative estimate of drug-likeness (QED) is 0.492. The lowest BCUT2D eigenvalue weighted by Gasteiger charge is -2.66. The molecule has 2 bridgehead atoms. The summed E-state index contributed by atoms with van der Waals surface area (Å²) in [5, 5.41) is 0. The van der Waals surface area contributed by atoms with Crippen molar-refractivity contribution >= 4 is 17.7 Å². The van der Waals surface area contributed by atoms with Gasteiger partial charge in [-0.05, 0) is 86.7 Å². The van der Waals surface area contributed by atoms with Crippen LogP contribution in [0.3, 0.4) is 0 Å². The van der Waals surface area contributed by atoms with E-state index in [9.17, 15) is 4.79 Å². The van der Waals surface area contributed by atoms with Gasteiger partial charge in [0.2, 0.25) is 0 Å². The Labute approximate surface area is 157 Å². The van der Waals surface area contributed by atoms with E-state index in [1.54, 1.807) is 12.7 Å². The highest BCUT2D eigenvalue weighted by molar-refractivity contribution is 7.98. The van der Waals surface area contributed by atoms with Crippen LogP contribution in [0.25, 0.3) is 0 Å². The fraction of sp³-hybridized carbons (Fsp3) is 0.864. The third-order valence-corrected chi connectivity index (χ3v) is 9.43. The van der Waals surface area contributed by atoms with Gasteiger partial charge in [0.05, 0.1) is 12.5 Å². The van der Waals surface area contributed by atoms with Crippen LogP contribution in [0.5, 0.6) is 0 Å². The Morgan fingerprint density at radius 3 is 2.68 bits per heavy atom. The Bertz CT molecular complexity index is 599. The molecule has 0 aromatic heterocycles. The zero-order valence-electron chi connectivity index (χ0n) is 16.4. The van der Waals surface area contributed by atoms with E-state index in [0.29, 0.717) is 16.7 Å². The fourth-order valence-corrected chi connectivity index (χ4v) is 8.40.